The number of allylic oxidation sites excluding steroid dienone is 4. The van der Waals surface area contributed by atoms with E-state index in [9.17, 15) is 0 Å². The Morgan fingerprint density at radius 2 is 1.32 bits per heavy atom. The fraction of sp³-hybridized carbons (Fsp3) is 0.147. The predicted octanol–water partition coefficient (Wildman–Crippen LogP) is 1.96. The molecule has 1 nitrogen and oxygen atoms in total. The molecule has 4 aromatic rings. The van der Waals surface area contributed by atoms with Crippen LogP contribution in [0.5, 0.6) is 5.75 Å². The summed E-state index contributed by atoms with van der Waals surface area (Å²) < 4.78 is 6.60. The monoisotopic (exact) mass is 614 g/mol. The molecule has 2 aliphatic rings. The summed E-state index contributed by atoms with van der Waals surface area (Å²) >= 11 is 1.46. The third-order valence-electron chi connectivity index (χ3n) is 6.38. The number of ether oxygens (including phenoxy) is 1. The van der Waals surface area contributed by atoms with E-state index in [1.165, 1.54) is 72.0 Å². The van der Waals surface area contributed by atoms with Gasteiger partial charge in [0, 0.05) is 5.75 Å². The number of rotatable bonds is 3. The Morgan fingerprint density at radius 1 is 0.737 bits per heavy atom. The molecule has 4 heteroatoms. The predicted molar refractivity (Wildman–Crippen MR) is 147 cm³/mol. The summed E-state index contributed by atoms with van der Waals surface area (Å²) in [6, 6.07) is 37.0. The Labute approximate surface area is 254 Å². The third-order valence-corrected chi connectivity index (χ3v) is 7.80. The standard InChI is InChI=1S/C14H11O.C13H10.C7H9.2ClH.Zr/c1-15-12-6-7-14-11(9-12)8-10-4-2-3-5-13(10)14;1-3-7-12(8-4-1)11-13-9-5-2-6-10-13;1-6-4-3-5-7(6)2;;;/h2-7H,8H2,1H3;1-10H;4H,5H2,1-2H3;2*1H;/q-1;;-1;;;+2/p-2. The second kappa shape index (κ2) is 15.8. The molecule has 0 spiro atoms. The normalized spacial score (nSPS) is 11.9. The Morgan fingerprint density at radius 3 is 1.82 bits per heavy atom. The van der Waals surface area contributed by atoms with E-state index in [4.69, 9.17) is 4.74 Å². The van der Waals surface area contributed by atoms with Gasteiger partial charge in [0.2, 0.25) is 0 Å². The molecule has 0 saturated heterocycles. The van der Waals surface area contributed by atoms with Crippen LogP contribution in [0.25, 0.3) is 11.1 Å². The van der Waals surface area contributed by atoms with Gasteiger partial charge in [0.25, 0.3) is 0 Å². The van der Waals surface area contributed by atoms with Gasteiger partial charge in [0.05, 0.1) is 7.11 Å². The van der Waals surface area contributed by atoms with Gasteiger partial charge in [-0.1, -0.05) is 42.3 Å². The van der Waals surface area contributed by atoms with Crippen LogP contribution in [0.3, 0.4) is 0 Å². The molecule has 0 amide bonds. The maximum atomic E-state index is 5.18. The molecule has 0 aromatic heterocycles. The summed E-state index contributed by atoms with van der Waals surface area (Å²) in [6.45, 7) is 4.27. The van der Waals surface area contributed by atoms with Crippen molar-refractivity contribution in [3.05, 3.63) is 149 Å². The van der Waals surface area contributed by atoms with Crippen molar-refractivity contribution in [2.24, 2.45) is 0 Å². The zero-order valence-corrected chi connectivity index (χ0v) is 25.9. The van der Waals surface area contributed by atoms with E-state index in [0.29, 0.717) is 0 Å². The molecular weight excluding hydrogens is 587 g/mol. The molecule has 0 atom stereocenters. The van der Waals surface area contributed by atoms with E-state index in [1.54, 1.807) is 7.11 Å². The summed E-state index contributed by atoms with van der Waals surface area (Å²) in [5, 5.41) is 0. The molecule has 38 heavy (non-hydrogen) atoms. The molecule has 0 radical (unpaired) electrons. The Kier molecular flexibility index (Phi) is 13.2. The number of hydrogen-bond acceptors (Lipinski definition) is 1. The van der Waals surface area contributed by atoms with Gasteiger partial charge in [-0.25, -0.2) is 11.6 Å². The van der Waals surface area contributed by atoms with E-state index in [2.05, 4.69) is 123 Å². The number of fused-ring (bicyclic) bond motifs is 3. The molecule has 0 fully saturated rings. The SMILES string of the molecule is CC1=C(C)C[C-]=C1.COc1[c-]c2c(cc1)-c1ccccc1C2.[Cl-].[Cl-].[Zr+2]=[C](c1ccccc1)c1ccccc1. The van der Waals surface area contributed by atoms with Crippen LogP contribution in [0.1, 0.15) is 42.5 Å². The molecule has 0 unspecified atom stereocenters. The molecule has 6 rings (SSSR count). The van der Waals surface area contributed by atoms with Crippen LogP contribution in [0.2, 0.25) is 0 Å². The van der Waals surface area contributed by atoms with Crippen molar-refractivity contribution in [2.45, 2.75) is 26.7 Å². The molecule has 0 heterocycles. The maximum absolute atomic E-state index is 5.18. The van der Waals surface area contributed by atoms with E-state index < -0.39 is 0 Å². The zero-order valence-electron chi connectivity index (χ0n) is 21.9. The van der Waals surface area contributed by atoms with Crippen molar-refractivity contribution in [3.8, 4) is 16.9 Å². The van der Waals surface area contributed by atoms with Crippen molar-refractivity contribution in [2.75, 3.05) is 7.11 Å². The van der Waals surface area contributed by atoms with Crippen LogP contribution in [-0.2, 0) is 30.7 Å². The minimum atomic E-state index is 0. The van der Waals surface area contributed by atoms with Gasteiger partial charge < -0.3 is 29.6 Å². The molecular formula is C34H30Cl2OZr-2. The summed E-state index contributed by atoms with van der Waals surface area (Å²) in [5.41, 5.74) is 10.8. The van der Waals surface area contributed by atoms with Crippen molar-refractivity contribution < 1.29 is 53.8 Å². The summed E-state index contributed by atoms with van der Waals surface area (Å²) in [7, 11) is 1.68. The van der Waals surface area contributed by atoms with E-state index in [0.717, 1.165) is 18.6 Å². The fourth-order valence-electron chi connectivity index (χ4n) is 4.15. The number of hydrogen-bond donors (Lipinski definition) is 0. The topological polar surface area (TPSA) is 9.23 Å². The van der Waals surface area contributed by atoms with Crippen LogP contribution in [0.4, 0.5) is 0 Å². The Balaban J connectivity index is 0.000000207. The zero-order chi connectivity index (χ0) is 25.3. The van der Waals surface area contributed by atoms with Crippen LogP contribution in [0, 0.1) is 12.1 Å². The first-order chi connectivity index (χ1) is 17.6. The molecule has 4 aromatic carbocycles. The number of halogens is 2. The first-order valence-electron chi connectivity index (χ1n) is 12.2. The van der Waals surface area contributed by atoms with E-state index in [1.807, 2.05) is 6.07 Å². The van der Waals surface area contributed by atoms with Gasteiger partial charge in [-0.05, 0) is 6.42 Å². The van der Waals surface area contributed by atoms with Gasteiger partial charge in [-0.3, -0.25) is 6.08 Å². The Hall–Kier alpha value is -2.51. The number of benzene rings is 4. The molecule has 0 N–H and O–H groups in total. The first-order valence-corrected chi connectivity index (χ1v) is 13.4. The van der Waals surface area contributed by atoms with Crippen LogP contribution in [-0.4, -0.2) is 10.3 Å². The second-order valence-electron chi connectivity index (χ2n) is 8.85. The summed E-state index contributed by atoms with van der Waals surface area (Å²) in [5.74, 6) is 0.821. The molecule has 192 valence electrons. The molecule has 0 saturated carbocycles. The molecule has 0 bridgehead atoms. The molecule has 2 aliphatic carbocycles. The van der Waals surface area contributed by atoms with E-state index in [-0.39, 0.29) is 24.8 Å². The Bertz CT molecular complexity index is 1350. The van der Waals surface area contributed by atoms with Crippen LogP contribution >= 0.6 is 0 Å². The quantitative estimate of drug-likeness (QED) is 0.282. The van der Waals surface area contributed by atoms with Crippen LogP contribution < -0.4 is 29.6 Å². The van der Waals surface area contributed by atoms with Gasteiger partial charge in [0.1, 0.15) is 0 Å². The summed E-state index contributed by atoms with van der Waals surface area (Å²) in [4.78, 5) is 0. The van der Waals surface area contributed by atoms with E-state index >= 15 is 0 Å². The second-order valence-corrected chi connectivity index (χ2v) is 10.1. The van der Waals surface area contributed by atoms with Gasteiger partial charge in [-0.2, -0.15) is 11.6 Å². The first kappa shape index (κ1) is 31.7. The summed E-state index contributed by atoms with van der Waals surface area (Å²) in [6.07, 6.45) is 7.20. The van der Waals surface area contributed by atoms with Gasteiger partial charge in [0.15, 0.2) is 0 Å². The van der Waals surface area contributed by atoms with Crippen LogP contribution in [0.15, 0.2) is 114 Å². The third kappa shape index (κ3) is 8.24. The van der Waals surface area contributed by atoms with Crippen molar-refractivity contribution >= 4 is 3.21 Å². The molecule has 0 aliphatic heterocycles. The van der Waals surface area contributed by atoms with Crippen molar-refractivity contribution in [3.63, 3.8) is 0 Å². The minimum absolute atomic E-state index is 0. The van der Waals surface area contributed by atoms with Gasteiger partial charge in [-0.15, -0.1) is 36.6 Å². The average Bonchev–Trinajstić information content (AvgIpc) is 3.51. The van der Waals surface area contributed by atoms with Gasteiger partial charge >= 0.3 is 99.2 Å². The van der Waals surface area contributed by atoms with Crippen molar-refractivity contribution in [1.82, 2.24) is 0 Å². The van der Waals surface area contributed by atoms with Crippen molar-refractivity contribution in [1.29, 1.82) is 0 Å². The fourth-order valence-corrected chi connectivity index (χ4v) is 4.97. The average molecular weight is 617 g/mol. The number of methoxy groups -OCH3 is 1.